The van der Waals surface area contributed by atoms with Gasteiger partial charge in [-0.1, -0.05) is 20.3 Å². The van der Waals surface area contributed by atoms with E-state index in [0.29, 0.717) is 0 Å². The molecular formula is C17H36N4. The first-order valence-corrected chi connectivity index (χ1v) is 9.15. The Morgan fingerprint density at radius 2 is 1.90 bits per heavy atom. The summed E-state index contributed by atoms with van der Waals surface area (Å²) in [4.78, 5) is 7.92. The summed E-state index contributed by atoms with van der Waals surface area (Å²) in [5.74, 6) is 0. The zero-order chi connectivity index (χ0) is 15.1. The van der Waals surface area contributed by atoms with Crippen molar-refractivity contribution in [2.24, 2.45) is 0 Å². The van der Waals surface area contributed by atoms with Crippen molar-refractivity contribution in [2.45, 2.75) is 52.1 Å². The van der Waals surface area contributed by atoms with Crippen LogP contribution in [0.2, 0.25) is 0 Å². The zero-order valence-electron chi connectivity index (χ0n) is 14.5. The van der Waals surface area contributed by atoms with Gasteiger partial charge in [0.1, 0.15) is 0 Å². The van der Waals surface area contributed by atoms with Gasteiger partial charge in [0.25, 0.3) is 0 Å². The Labute approximate surface area is 131 Å². The third kappa shape index (κ3) is 5.20. The van der Waals surface area contributed by atoms with Gasteiger partial charge in [0.15, 0.2) is 0 Å². The van der Waals surface area contributed by atoms with E-state index in [1.165, 1.54) is 65.1 Å². The third-order valence-electron chi connectivity index (χ3n) is 5.39. The van der Waals surface area contributed by atoms with Gasteiger partial charge in [0.2, 0.25) is 0 Å². The normalized spacial score (nSPS) is 28.0. The van der Waals surface area contributed by atoms with E-state index in [9.17, 15) is 0 Å². The van der Waals surface area contributed by atoms with Crippen molar-refractivity contribution in [1.82, 2.24) is 20.0 Å². The number of piperazine rings is 1. The van der Waals surface area contributed by atoms with Crippen molar-refractivity contribution in [3.63, 3.8) is 0 Å². The van der Waals surface area contributed by atoms with E-state index in [4.69, 9.17) is 0 Å². The van der Waals surface area contributed by atoms with E-state index in [-0.39, 0.29) is 0 Å². The predicted molar refractivity (Wildman–Crippen MR) is 90.9 cm³/mol. The van der Waals surface area contributed by atoms with Crippen LogP contribution in [0.1, 0.15) is 40.0 Å². The van der Waals surface area contributed by atoms with Crippen LogP contribution >= 0.6 is 0 Å². The molecular weight excluding hydrogens is 260 g/mol. The van der Waals surface area contributed by atoms with Crippen LogP contribution in [0.5, 0.6) is 0 Å². The number of rotatable bonds is 8. The number of nitrogens with one attached hydrogen (secondary N) is 1. The number of likely N-dealkylation sites (N-methyl/N-ethyl adjacent to an activating group) is 1. The second-order valence-corrected chi connectivity index (χ2v) is 6.77. The van der Waals surface area contributed by atoms with E-state index in [0.717, 1.165) is 25.2 Å². The third-order valence-corrected chi connectivity index (χ3v) is 5.39. The summed E-state index contributed by atoms with van der Waals surface area (Å²) in [6.07, 6.45) is 4.26. The molecule has 2 aliphatic rings. The summed E-state index contributed by atoms with van der Waals surface area (Å²) in [5, 5.41) is 3.63. The van der Waals surface area contributed by atoms with Crippen LogP contribution in [0.4, 0.5) is 0 Å². The molecule has 2 rings (SSSR count). The van der Waals surface area contributed by atoms with Gasteiger partial charge in [-0.3, -0.25) is 9.80 Å². The Balaban J connectivity index is 1.61. The van der Waals surface area contributed by atoms with Gasteiger partial charge in [0.05, 0.1) is 0 Å². The minimum Gasteiger partial charge on any atom is -0.314 e. The number of hydrogen-bond acceptors (Lipinski definition) is 4. The smallest absolute Gasteiger partial charge is 0.0223 e. The molecule has 2 saturated heterocycles. The Morgan fingerprint density at radius 3 is 2.67 bits per heavy atom. The molecule has 4 nitrogen and oxygen atoms in total. The molecule has 0 aromatic heterocycles. The topological polar surface area (TPSA) is 21.8 Å². The molecule has 2 heterocycles. The molecule has 2 atom stereocenters. The fraction of sp³-hybridized carbons (Fsp3) is 1.00. The van der Waals surface area contributed by atoms with Gasteiger partial charge in [-0.2, -0.15) is 0 Å². The average Bonchev–Trinajstić information content (AvgIpc) is 2.51. The van der Waals surface area contributed by atoms with Gasteiger partial charge in [-0.05, 0) is 39.4 Å². The summed E-state index contributed by atoms with van der Waals surface area (Å²) >= 11 is 0. The fourth-order valence-electron chi connectivity index (χ4n) is 3.85. The molecule has 2 fully saturated rings. The molecule has 0 amide bonds. The van der Waals surface area contributed by atoms with Crippen LogP contribution in [0.3, 0.4) is 0 Å². The van der Waals surface area contributed by atoms with Crippen LogP contribution in [0.15, 0.2) is 0 Å². The molecule has 0 spiro atoms. The van der Waals surface area contributed by atoms with Crippen LogP contribution in [0.25, 0.3) is 0 Å². The highest BCUT2D eigenvalue weighted by Gasteiger charge is 2.32. The first-order valence-electron chi connectivity index (χ1n) is 9.15. The average molecular weight is 297 g/mol. The lowest BCUT2D eigenvalue weighted by Crippen LogP contribution is -2.59. The molecule has 2 aliphatic heterocycles. The van der Waals surface area contributed by atoms with Gasteiger partial charge < -0.3 is 10.2 Å². The SMILES string of the molecule is CCN(CC)CCNCCN1CC2CCCCN2CC1C. The second kappa shape index (κ2) is 9.09. The van der Waals surface area contributed by atoms with Gasteiger partial charge in [0, 0.05) is 51.4 Å². The highest BCUT2D eigenvalue weighted by molar-refractivity contribution is 4.89. The quantitative estimate of drug-likeness (QED) is 0.685. The van der Waals surface area contributed by atoms with Crippen molar-refractivity contribution in [3.8, 4) is 0 Å². The van der Waals surface area contributed by atoms with Crippen molar-refractivity contribution in [3.05, 3.63) is 0 Å². The fourth-order valence-corrected chi connectivity index (χ4v) is 3.85. The molecule has 0 aliphatic carbocycles. The number of hydrogen-bond donors (Lipinski definition) is 1. The zero-order valence-corrected chi connectivity index (χ0v) is 14.5. The molecule has 0 saturated carbocycles. The van der Waals surface area contributed by atoms with Crippen molar-refractivity contribution in [1.29, 1.82) is 0 Å². The van der Waals surface area contributed by atoms with Crippen molar-refractivity contribution >= 4 is 0 Å². The highest BCUT2D eigenvalue weighted by Crippen LogP contribution is 2.23. The summed E-state index contributed by atoms with van der Waals surface area (Å²) in [6, 6.07) is 1.56. The molecule has 124 valence electrons. The summed E-state index contributed by atoms with van der Waals surface area (Å²) in [5.41, 5.74) is 0. The molecule has 2 unspecified atom stereocenters. The lowest BCUT2D eigenvalue weighted by Gasteiger charge is -2.47. The van der Waals surface area contributed by atoms with E-state index in [1.807, 2.05) is 0 Å². The maximum Gasteiger partial charge on any atom is 0.0223 e. The first-order chi connectivity index (χ1) is 10.2. The molecule has 0 aromatic carbocycles. The van der Waals surface area contributed by atoms with Gasteiger partial charge >= 0.3 is 0 Å². The standard InChI is InChI=1S/C17H36N4/c1-4-19(5-2)12-9-18-10-13-20-15-17-8-6-7-11-21(17)14-16(20)3/h16-18H,4-15H2,1-3H3. The van der Waals surface area contributed by atoms with Crippen LogP contribution in [-0.4, -0.2) is 85.7 Å². The maximum atomic E-state index is 3.63. The molecule has 1 N–H and O–H groups in total. The first kappa shape index (κ1) is 17.2. The van der Waals surface area contributed by atoms with Crippen LogP contribution < -0.4 is 5.32 Å². The molecule has 21 heavy (non-hydrogen) atoms. The van der Waals surface area contributed by atoms with Crippen LogP contribution in [-0.2, 0) is 0 Å². The summed E-state index contributed by atoms with van der Waals surface area (Å²) < 4.78 is 0. The Morgan fingerprint density at radius 1 is 1.10 bits per heavy atom. The largest absolute Gasteiger partial charge is 0.314 e. The predicted octanol–water partition coefficient (Wildman–Crippen LogP) is 1.48. The molecule has 0 aromatic rings. The minimum atomic E-state index is 0.726. The highest BCUT2D eigenvalue weighted by atomic mass is 15.3. The lowest BCUT2D eigenvalue weighted by atomic mass is 9.97. The maximum absolute atomic E-state index is 3.63. The van der Waals surface area contributed by atoms with Crippen molar-refractivity contribution < 1.29 is 0 Å². The number of piperidine rings is 1. The van der Waals surface area contributed by atoms with Crippen molar-refractivity contribution in [2.75, 3.05) is 58.9 Å². The molecule has 4 heteroatoms. The number of fused-ring (bicyclic) bond motifs is 1. The summed E-state index contributed by atoms with van der Waals surface area (Å²) in [6.45, 7) is 17.8. The van der Waals surface area contributed by atoms with Gasteiger partial charge in [-0.25, -0.2) is 0 Å². The molecule has 0 radical (unpaired) electrons. The van der Waals surface area contributed by atoms with Crippen LogP contribution in [0, 0.1) is 0 Å². The van der Waals surface area contributed by atoms with E-state index < -0.39 is 0 Å². The molecule has 0 bridgehead atoms. The number of nitrogens with zero attached hydrogens (tertiary/aromatic N) is 3. The summed E-state index contributed by atoms with van der Waals surface area (Å²) in [7, 11) is 0. The van der Waals surface area contributed by atoms with E-state index >= 15 is 0 Å². The Hall–Kier alpha value is -0.160. The Bertz CT molecular complexity index is 280. The van der Waals surface area contributed by atoms with Gasteiger partial charge in [-0.15, -0.1) is 0 Å². The Kier molecular flexibility index (Phi) is 7.44. The lowest BCUT2D eigenvalue weighted by molar-refractivity contribution is 0.0160. The minimum absolute atomic E-state index is 0.726. The second-order valence-electron chi connectivity index (χ2n) is 6.77. The van der Waals surface area contributed by atoms with E-state index in [2.05, 4.69) is 40.8 Å². The van der Waals surface area contributed by atoms with E-state index in [1.54, 1.807) is 0 Å². The monoisotopic (exact) mass is 296 g/mol.